The lowest BCUT2D eigenvalue weighted by atomic mass is 9.64. The van der Waals surface area contributed by atoms with Gasteiger partial charge < -0.3 is 9.80 Å². The molecule has 2 heteroatoms. The van der Waals surface area contributed by atoms with Crippen LogP contribution in [0.3, 0.4) is 0 Å². The molecule has 2 nitrogen and oxygen atoms in total. The minimum atomic E-state index is -0.556. The molecule has 0 saturated heterocycles. The first-order valence-corrected chi connectivity index (χ1v) is 29.4. The van der Waals surface area contributed by atoms with Crippen molar-refractivity contribution >= 4 is 55.1 Å². The molecule has 4 aliphatic carbocycles. The van der Waals surface area contributed by atoms with Gasteiger partial charge in [-0.05, 0) is 221 Å². The zero-order chi connectivity index (χ0) is 51.8. The highest BCUT2D eigenvalue weighted by Gasteiger charge is 2.56. The molecule has 7 unspecified atom stereocenters. The molecule has 11 aromatic rings. The van der Waals surface area contributed by atoms with Gasteiger partial charge in [0.05, 0.1) is 5.41 Å². The highest BCUT2D eigenvalue weighted by molar-refractivity contribution is 6.27. The van der Waals surface area contributed by atoms with E-state index in [4.69, 9.17) is 0 Å². The molecule has 378 valence electrons. The third-order valence-corrected chi connectivity index (χ3v) is 21.2. The van der Waals surface area contributed by atoms with Crippen molar-refractivity contribution in [3.8, 4) is 44.5 Å². The Labute approximate surface area is 459 Å². The van der Waals surface area contributed by atoms with Crippen molar-refractivity contribution in [3.63, 3.8) is 0 Å². The van der Waals surface area contributed by atoms with Gasteiger partial charge in [0, 0.05) is 45.7 Å². The molecular weight excluding hydrogens is 941 g/mol. The van der Waals surface area contributed by atoms with Crippen molar-refractivity contribution in [3.05, 3.63) is 240 Å². The van der Waals surface area contributed by atoms with Gasteiger partial charge in [0.2, 0.25) is 0 Å². The molecule has 7 atom stereocenters. The summed E-state index contributed by atoms with van der Waals surface area (Å²) in [4.78, 5) is 5.44. The van der Waals surface area contributed by atoms with Crippen molar-refractivity contribution in [2.24, 2.45) is 11.8 Å². The van der Waals surface area contributed by atoms with Crippen molar-refractivity contribution in [2.75, 3.05) is 9.80 Å². The molecule has 1 spiro atoms. The van der Waals surface area contributed by atoms with Gasteiger partial charge in [-0.1, -0.05) is 180 Å². The Bertz CT molecular complexity index is 4290. The Kier molecular flexibility index (Phi) is 9.30. The Morgan fingerprint density at radius 1 is 0.474 bits per heavy atom. The minimum absolute atomic E-state index is 0.0239. The average Bonchev–Trinajstić information content (AvgIpc) is 3.64. The van der Waals surface area contributed by atoms with Gasteiger partial charge in [0.1, 0.15) is 0 Å². The van der Waals surface area contributed by atoms with E-state index in [0.717, 1.165) is 0 Å². The Hall–Kier alpha value is -7.94. The summed E-state index contributed by atoms with van der Waals surface area (Å²) in [6.45, 7) is 10.1. The van der Waals surface area contributed by atoms with Crippen molar-refractivity contribution in [2.45, 2.75) is 101 Å². The van der Waals surface area contributed by atoms with E-state index in [1.54, 1.807) is 0 Å². The predicted octanol–water partition coefficient (Wildman–Crippen LogP) is 20.1. The quantitative estimate of drug-likeness (QED) is 0.159. The van der Waals surface area contributed by atoms with Crippen molar-refractivity contribution < 1.29 is 0 Å². The molecule has 2 aliphatic heterocycles. The fraction of sp³-hybridized carbons (Fsp3) is 0.237. The number of benzene rings is 11. The molecule has 2 heterocycles. The highest BCUT2D eigenvalue weighted by atomic mass is 15.2. The average molecular weight is 1010 g/mol. The van der Waals surface area contributed by atoms with E-state index in [0.29, 0.717) is 23.8 Å². The topological polar surface area (TPSA) is 6.48 Å². The van der Waals surface area contributed by atoms with Gasteiger partial charge in [-0.15, -0.1) is 0 Å². The van der Waals surface area contributed by atoms with Crippen LogP contribution < -0.4 is 9.80 Å². The van der Waals surface area contributed by atoms with E-state index in [-0.39, 0.29) is 11.0 Å². The second kappa shape index (κ2) is 16.1. The SMILES string of the molecule is CCC1CCCC2(C)c3cc(-c4ccc5c(c4)C4(c6cc(-c7ccc8c(c7)C7C(C)CCCC7(C)N8c7ccccc7)ccc6-5)c5ccccc5-c5c4cc4ccc6cccc7ccc5c4c67)ccc3N(c3ccccc3)C12. The van der Waals surface area contributed by atoms with Gasteiger partial charge in [-0.2, -0.15) is 0 Å². The normalized spacial score (nSPS) is 25.0. The zero-order valence-electron chi connectivity index (χ0n) is 45.3. The summed E-state index contributed by atoms with van der Waals surface area (Å²) < 4.78 is 0. The van der Waals surface area contributed by atoms with Crippen LogP contribution in [0, 0.1) is 11.8 Å². The van der Waals surface area contributed by atoms with Crippen LogP contribution in [0.15, 0.2) is 206 Å². The maximum absolute atomic E-state index is 2.73. The summed E-state index contributed by atoms with van der Waals surface area (Å²) >= 11 is 0. The van der Waals surface area contributed by atoms with Gasteiger partial charge in [-0.25, -0.2) is 0 Å². The summed E-state index contributed by atoms with van der Waals surface area (Å²) in [5.74, 6) is 1.69. The van der Waals surface area contributed by atoms with Gasteiger partial charge in [0.25, 0.3) is 0 Å². The summed E-state index contributed by atoms with van der Waals surface area (Å²) in [6, 6.07) is 81.5. The number of anilines is 4. The standard InChI is InChI=1S/C76H64N2/c1-5-47-20-16-39-74(3)65-44-53(33-38-68(65)77(73(47)74)55-21-8-6-9-22-55)52-31-35-58-57-34-30-51(50-32-37-67-61(41-50)72-46(2)17-15-40-75(72,4)78(67)56-23-10-7-11-24-56)42-63(57)76(64(58)43-52)62-26-13-12-25-59(62)71-60-36-29-49-19-14-18-48-27-28-54(45-66(71)76)70(60)69(48)49/h6-14,18-19,21-38,41-47,72-73H,5,15-17,20,39-40H2,1-4H3. The number of hydrogen-bond acceptors (Lipinski definition) is 2. The number of nitrogens with zero attached hydrogens (tertiary/aromatic N) is 2. The lowest BCUT2D eigenvalue weighted by Gasteiger charge is -2.46. The molecule has 0 N–H and O–H groups in total. The van der Waals surface area contributed by atoms with Gasteiger partial charge in [0.15, 0.2) is 0 Å². The maximum Gasteiger partial charge on any atom is 0.0726 e. The van der Waals surface area contributed by atoms with Gasteiger partial charge >= 0.3 is 0 Å². The number of para-hydroxylation sites is 2. The van der Waals surface area contributed by atoms with Crippen LogP contribution in [-0.2, 0) is 10.8 Å². The predicted molar refractivity (Wildman–Crippen MR) is 327 cm³/mol. The van der Waals surface area contributed by atoms with Crippen LogP contribution >= 0.6 is 0 Å². The second-order valence-electron chi connectivity index (χ2n) is 25.0. The fourth-order valence-electron chi connectivity index (χ4n) is 18.1. The first-order valence-electron chi connectivity index (χ1n) is 29.4. The number of fused-ring (bicyclic) bond motifs is 17. The van der Waals surface area contributed by atoms with Crippen LogP contribution in [0.5, 0.6) is 0 Å². The van der Waals surface area contributed by atoms with Crippen LogP contribution in [-0.4, -0.2) is 11.6 Å². The zero-order valence-corrected chi connectivity index (χ0v) is 45.3. The van der Waals surface area contributed by atoms with E-state index in [9.17, 15) is 0 Å². The second-order valence-corrected chi connectivity index (χ2v) is 25.0. The third-order valence-electron chi connectivity index (χ3n) is 21.2. The molecule has 6 aliphatic rings. The fourth-order valence-corrected chi connectivity index (χ4v) is 18.1. The Morgan fingerprint density at radius 2 is 1.09 bits per heavy atom. The smallest absolute Gasteiger partial charge is 0.0726 e. The highest BCUT2D eigenvalue weighted by Crippen LogP contribution is 2.66. The molecule has 0 radical (unpaired) electrons. The molecule has 2 fully saturated rings. The van der Waals surface area contributed by atoms with E-state index >= 15 is 0 Å². The third kappa shape index (κ3) is 5.73. The monoisotopic (exact) mass is 1000 g/mol. The molecule has 11 aromatic carbocycles. The molecule has 0 amide bonds. The lowest BCUT2D eigenvalue weighted by molar-refractivity contribution is 0.203. The molecule has 0 bridgehead atoms. The number of rotatable bonds is 5. The van der Waals surface area contributed by atoms with E-state index in [2.05, 4.69) is 244 Å². The largest absolute Gasteiger partial charge is 0.337 e. The molecule has 78 heavy (non-hydrogen) atoms. The van der Waals surface area contributed by atoms with Gasteiger partial charge in [-0.3, -0.25) is 0 Å². The molecule has 0 aromatic heterocycles. The van der Waals surface area contributed by atoms with E-state index in [1.165, 1.54) is 178 Å². The molecule has 17 rings (SSSR count). The van der Waals surface area contributed by atoms with Crippen LogP contribution in [0.2, 0.25) is 0 Å². The van der Waals surface area contributed by atoms with Crippen LogP contribution in [0.4, 0.5) is 22.7 Å². The van der Waals surface area contributed by atoms with Crippen molar-refractivity contribution in [1.29, 1.82) is 0 Å². The summed E-state index contributed by atoms with van der Waals surface area (Å²) in [5.41, 5.74) is 24.1. The van der Waals surface area contributed by atoms with Crippen LogP contribution in [0.25, 0.3) is 76.8 Å². The summed E-state index contributed by atoms with van der Waals surface area (Å²) in [5, 5.41) is 8.04. The van der Waals surface area contributed by atoms with E-state index in [1.807, 2.05) is 0 Å². The lowest BCUT2D eigenvalue weighted by Crippen LogP contribution is -2.48. The Morgan fingerprint density at radius 3 is 1.82 bits per heavy atom. The summed E-state index contributed by atoms with van der Waals surface area (Å²) in [7, 11) is 0. The minimum Gasteiger partial charge on any atom is -0.337 e. The maximum atomic E-state index is 2.73. The number of hydrogen-bond donors (Lipinski definition) is 0. The van der Waals surface area contributed by atoms with E-state index < -0.39 is 5.41 Å². The molecule has 2 saturated carbocycles. The first kappa shape index (κ1) is 45.1. The first-order chi connectivity index (χ1) is 38.3. The Balaban J connectivity index is 0.894. The van der Waals surface area contributed by atoms with Crippen LogP contribution in [0.1, 0.15) is 112 Å². The van der Waals surface area contributed by atoms with Crippen molar-refractivity contribution in [1.82, 2.24) is 0 Å². The summed E-state index contributed by atoms with van der Waals surface area (Å²) in [6.07, 6.45) is 8.71. The molecular formula is C76H64N2.